The molecule has 0 aromatic heterocycles. The molecule has 1 N–H and O–H groups in total. The highest BCUT2D eigenvalue weighted by Gasteiger charge is 2.17. The second-order valence-corrected chi connectivity index (χ2v) is 5.11. The average molecular weight is 272 g/mol. The van der Waals surface area contributed by atoms with Gasteiger partial charge in [0.25, 0.3) is 0 Å². The Bertz CT molecular complexity index is 359. The Balaban J connectivity index is 2.16. The summed E-state index contributed by atoms with van der Waals surface area (Å²) in [6.45, 7) is 4.00. The van der Waals surface area contributed by atoms with Crippen molar-refractivity contribution >= 4 is 15.9 Å². The van der Waals surface area contributed by atoms with Gasteiger partial charge < -0.3 is 5.32 Å². The second-order valence-electron chi connectivity index (χ2n) is 4.26. The van der Waals surface area contributed by atoms with Gasteiger partial charge in [0.2, 0.25) is 0 Å². The predicted octanol–water partition coefficient (Wildman–Crippen LogP) is 3.05. The molecule has 0 radical (unpaired) electrons. The maximum absolute atomic E-state index is 13.6. The number of aryl methyl sites for hydroxylation is 1. The highest BCUT2D eigenvalue weighted by Crippen LogP contribution is 2.24. The molecular weight excluding hydrogens is 257 g/mol. The zero-order valence-corrected chi connectivity index (χ0v) is 10.4. The predicted molar refractivity (Wildman–Crippen MR) is 63.5 cm³/mol. The van der Waals surface area contributed by atoms with Crippen LogP contribution in [0.4, 0.5) is 4.39 Å². The molecule has 1 nitrogen and oxygen atoms in total. The Hall–Kier alpha value is -0.410. The van der Waals surface area contributed by atoms with E-state index >= 15 is 0 Å². The van der Waals surface area contributed by atoms with Crippen LogP contribution in [-0.4, -0.2) is 13.1 Å². The minimum atomic E-state index is -0.0670. The Morgan fingerprint density at radius 1 is 1.53 bits per heavy atom. The van der Waals surface area contributed by atoms with Crippen LogP contribution in [0.15, 0.2) is 16.6 Å². The van der Waals surface area contributed by atoms with Crippen LogP contribution in [-0.2, 0) is 6.42 Å². The second kappa shape index (κ2) is 4.62. The molecule has 1 aliphatic rings. The van der Waals surface area contributed by atoms with E-state index in [0.717, 1.165) is 41.5 Å². The van der Waals surface area contributed by atoms with E-state index in [4.69, 9.17) is 0 Å². The van der Waals surface area contributed by atoms with Crippen molar-refractivity contribution in [3.8, 4) is 0 Å². The fraction of sp³-hybridized carbons (Fsp3) is 0.500. The van der Waals surface area contributed by atoms with E-state index in [-0.39, 0.29) is 5.82 Å². The number of hydrogen-bond donors (Lipinski definition) is 1. The molecule has 0 bridgehead atoms. The van der Waals surface area contributed by atoms with Gasteiger partial charge in [0.05, 0.1) is 0 Å². The molecule has 2 rings (SSSR count). The first kappa shape index (κ1) is 11.1. The van der Waals surface area contributed by atoms with Gasteiger partial charge in [-0.2, -0.15) is 0 Å². The highest BCUT2D eigenvalue weighted by molar-refractivity contribution is 9.10. The number of benzene rings is 1. The molecule has 1 heterocycles. The Morgan fingerprint density at radius 2 is 2.33 bits per heavy atom. The van der Waals surface area contributed by atoms with Crippen molar-refractivity contribution in [3.63, 3.8) is 0 Å². The molecule has 1 fully saturated rings. The third kappa shape index (κ3) is 2.58. The Labute approximate surface area is 98.2 Å². The van der Waals surface area contributed by atoms with Crippen LogP contribution in [0.2, 0.25) is 0 Å². The van der Waals surface area contributed by atoms with Gasteiger partial charge >= 0.3 is 0 Å². The molecule has 15 heavy (non-hydrogen) atoms. The highest BCUT2D eigenvalue weighted by atomic mass is 79.9. The van der Waals surface area contributed by atoms with E-state index in [1.165, 1.54) is 0 Å². The fourth-order valence-corrected chi connectivity index (χ4v) is 2.43. The van der Waals surface area contributed by atoms with Crippen LogP contribution < -0.4 is 5.32 Å². The van der Waals surface area contributed by atoms with Gasteiger partial charge in [-0.15, -0.1) is 0 Å². The first-order valence-electron chi connectivity index (χ1n) is 5.32. The maximum Gasteiger partial charge on any atom is 0.126 e. The number of hydrogen-bond acceptors (Lipinski definition) is 1. The van der Waals surface area contributed by atoms with Crippen LogP contribution in [0.3, 0.4) is 0 Å². The van der Waals surface area contributed by atoms with Crippen molar-refractivity contribution in [1.82, 2.24) is 5.32 Å². The molecule has 82 valence electrons. The van der Waals surface area contributed by atoms with E-state index in [9.17, 15) is 4.39 Å². The van der Waals surface area contributed by atoms with Gasteiger partial charge in [0, 0.05) is 4.47 Å². The number of halogens is 2. The van der Waals surface area contributed by atoms with Gasteiger partial charge in [0.1, 0.15) is 5.82 Å². The van der Waals surface area contributed by atoms with Crippen LogP contribution in [0.25, 0.3) is 0 Å². The summed E-state index contributed by atoms with van der Waals surface area (Å²) >= 11 is 3.45. The first-order chi connectivity index (χ1) is 7.16. The molecule has 1 saturated heterocycles. The van der Waals surface area contributed by atoms with Gasteiger partial charge in [-0.05, 0) is 62.0 Å². The molecule has 1 aromatic carbocycles. The lowest BCUT2D eigenvalue weighted by atomic mass is 9.97. The summed E-state index contributed by atoms with van der Waals surface area (Å²) in [5, 5.41) is 3.30. The molecule has 3 heteroatoms. The van der Waals surface area contributed by atoms with Gasteiger partial charge in [0.15, 0.2) is 0 Å². The van der Waals surface area contributed by atoms with Gasteiger partial charge in [-0.25, -0.2) is 4.39 Å². The molecule has 0 spiro atoms. The molecule has 1 aromatic rings. The summed E-state index contributed by atoms with van der Waals surface area (Å²) in [4.78, 5) is 0. The van der Waals surface area contributed by atoms with E-state index in [1.807, 2.05) is 13.0 Å². The fourth-order valence-electron chi connectivity index (χ4n) is 2.04. The van der Waals surface area contributed by atoms with Crippen molar-refractivity contribution < 1.29 is 4.39 Å². The summed E-state index contributed by atoms with van der Waals surface area (Å²) in [6, 6.07) is 3.53. The molecule has 0 aliphatic carbocycles. The smallest absolute Gasteiger partial charge is 0.126 e. The van der Waals surface area contributed by atoms with E-state index in [0.29, 0.717) is 5.92 Å². The van der Waals surface area contributed by atoms with E-state index < -0.39 is 0 Å². The van der Waals surface area contributed by atoms with Crippen LogP contribution in [0, 0.1) is 18.7 Å². The van der Waals surface area contributed by atoms with E-state index in [1.54, 1.807) is 6.07 Å². The third-order valence-electron chi connectivity index (χ3n) is 3.00. The first-order valence-corrected chi connectivity index (χ1v) is 6.11. The summed E-state index contributed by atoms with van der Waals surface area (Å²) in [7, 11) is 0. The van der Waals surface area contributed by atoms with Crippen molar-refractivity contribution in [2.75, 3.05) is 13.1 Å². The largest absolute Gasteiger partial charge is 0.316 e. The van der Waals surface area contributed by atoms with Gasteiger partial charge in [-0.1, -0.05) is 15.9 Å². The molecule has 1 unspecified atom stereocenters. The maximum atomic E-state index is 13.6. The lowest BCUT2D eigenvalue weighted by Crippen LogP contribution is -2.11. The quantitative estimate of drug-likeness (QED) is 0.872. The normalized spacial score (nSPS) is 20.9. The van der Waals surface area contributed by atoms with Crippen molar-refractivity contribution in [1.29, 1.82) is 0 Å². The Morgan fingerprint density at radius 3 is 3.00 bits per heavy atom. The lowest BCUT2D eigenvalue weighted by Gasteiger charge is -2.10. The summed E-state index contributed by atoms with van der Waals surface area (Å²) < 4.78 is 14.6. The number of nitrogens with one attached hydrogen (secondary N) is 1. The molecule has 1 aliphatic heterocycles. The van der Waals surface area contributed by atoms with Crippen LogP contribution >= 0.6 is 15.9 Å². The summed E-state index contributed by atoms with van der Waals surface area (Å²) in [5.41, 5.74) is 1.79. The standard InChI is InChI=1S/C12H15BrFN/c1-8-4-12(14)10(6-11(8)13)5-9-2-3-15-7-9/h4,6,9,15H,2-3,5,7H2,1H3. The SMILES string of the molecule is Cc1cc(F)c(CC2CCNC2)cc1Br. The number of rotatable bonds is 2. The lowest BCUT2D eigenvalue weighted by molar-refractivity contribution is 0.543. The zero-order chi connectivity index (χ0) is 10.8. The van der Waals surface area contributed by atoms with E-state index in [2.05, 4.69) is 21.2 Å². The Kier molecular flexibility index (Phi) is 3.42. The minimum Gasteiger partial charge on any atom is -0.316 e. The van der Waals surface area contributed by atoms with Crippen LogP contribution in [0.1, 0.15) is 17.5 Å². The van der Waals surface area contributed by atoms with Crippen molar-refractivity contribution in [2.24, 2.45) is 5.92 Å². The molecule has 0 amide bonds. The molecular formula is C12H15BrFN. The summed E-state index contributed by atoms with van der Waals surface area (Å²) in [5.74, 6) is 0.525. The molecule has 1 atom stereocenters. The topological polar surface area (TPSA) is 12.0 Å². The van der Waals surface area contributed by atoms with Gasteiger partial charge in [-0.3, -0.25) is 0 Å². The minimum absolute atomic E-state index is 0.0670. The van der Waals surface area contributed by atoms with Crippen molar-refractivity contribution in [3.05, 3.63) is 33.5 Å². The molecule has 0 saturated carbocycles. The van der Waals surface area contributed by atoms with Crippen LogP contribution in [0.5, 0.6) is 0 Å². The van der Waals surface area contributed by atoms with Crippen molar-refractivity contribution in [2.45, 2.75) is 19.8 Å². The zero-order valence-electron chi connectivity index (χ0n) is 8.82. The third-order valence-corrected chi connectivity index (χ3v) is 3.85. The average Bonchev–Trinajstić information content (AvgIpc) is 2.67. The summed E-state index contributed by atoms with van der Waals surface area (Å²) in [6.07, 6.45) is 2.00. The monoisotopic (exact) mass is 271 g/mol.